The predicted octanol–water partition coefficient (Wildman–Crippen LogP) is 4.30. The van der Waals surface area contributed by atoms with Crippen molar-refractivity contribution in [1.29, 1.82) is 0 Å². The van der Waals surface area contributed by atoms with Crippen LogP contribution >= 0.6 is 11.3 Å². The van der Waals surface area contributed by atoms with Gasteiger partial charge >= 0.3 is 0 Å². The summed E-state index contributed by atoms with van der Waals surface area (Å²) in [6, 6.07) is 13.7. The number of nitrogens with one attached hydrogen (secondary N) is 1. The molecule has 0 saturated heterocycles. The molecule has 0 aliphatic heterocycles. The summed E-state index contributed by atoms with van der Waals surface area (Å²) in [5.41, 5.74) is 3.01. The number of carbonyl (C=O) groups is 1. The molecule has 0 spiro atoms. The number of carbonyl (C=O) groups excluding carboxylic acids is 1. The Morgan fingerprint density at radius 1 is 1.19 bits per heavy atom. The van der Waals surface area contributed by atoms with Crippen molar-refractivity contribution >= 4 is 28.1 Å². The van der Waals surface area contributed by atoms with Crippen LogP contribution in [0.15, 0.2) is 53.9 Å². The van der Waals surface area contributed by atoms with Gasteiger partial charge in [0.1, 0.15) is 5.75 Å². The molecule has 0 saturated carbocycles. The molecule has 8 heteroatoms. The van der Waals surface area contributed by atoms with Gasteiger partial charge in [0.05, 0.1) is 10.6 Å². The van der Waals surface area contributed by atoms with Gasteiger partial charge in [-0.3, -0.25) is 20.2 Å². The van der Waals surface area contributed by atoms with E-state index in [-0.39, 0.29) is 18.2 Å². The van der Waals surface area contributed by atoms with E-state index in [0.717, 1.165) is 17.7 Å². The van der Waals surface area contributed by atoms with E-state index >= 15 is 0 Å². The lowest BCUT2D eigenvalue weighted by Crippen LogP contribution is -2.20. The number of aromatic nitrogens is 1. The third kappa shape index (κ3) is 4.89. The summed E-state index contributed by atoms with van der Waals surface area (Å²) in [7, 11) is 0. The number of hydrogen-bond donors (Lipinski definition) is 1. The average molecular weight is 383 g/mol. The predicted molar refractivity (Wildman–Crippen MR) is 104 cm³/mol. The molecule has 0 fully saturated rings. The van der Waals surface area contributed by atoms with E-state index in [1.165, 1.54) is 41.2 Å². The second kappa shape index (κ2) is 8.41. The van der Waals surface area contributed by atoms with Crippen molar-refractivity contribution in [2.45, 2.75) is 13.3 Å². The van der Waals surface area contributed by atoms with E-state index in [1.54, 1.807) is 0 Å². The molecule has 0 unspecified atom stereocenters. The maximum Gasteiger partial charge on any atom is 0.269 e. The van der Waals surface area contributed by atoms with Crippen LogP contribution in [0.4, 0.5) is 10.8 Å². The summed E-state index contributed by atoms with van der Waals surface area (Å²) < 4.78 is 5.33. The number of nitrogens with zero attached hydrogens (tertiary/aromatic N) is 2. The van der Waals surface area contributed by atoms with E-state index in [1.807, 2.05) is 17.5 Å². The fourth-order valence-corrected chi connectivity index (χ4v) is 3.08. The van der Waals surface area contributed by atoms with E-state index in [4.69, 9.17) is 4.74 Å². The first-order valence-electron chi connectivity index (χ1n) is 8.27. The summed E-state index contributed by atoms with van der Waals surface area (Å²) >= 11 is 1.34. The van der Waals surface area contributed by atoms with E-state index in [9.17, 15) is 14.9 Å². The van der Waals surface area contributed by atoms with Crippen LogP contribution in [0.5, 0.6) is 5.75 Å². The zero-order chi connectivity index (χ0) is 19.2. The SMILES string of the molecule is CCc1ccc(-c2csc(NC(=O)COc3ccc([N+](=O)[O-])cc3)n2)cc1. The molecule has 0 aliphatic carbocycles. The lowest BCUT2D eigenvalue weighted by atomic mass is 10.1. The average Bonchev–Trinajstić information content (AvgIpc) is 3.15. The number of benzene rings is 2. The number of non-ortho nitro benzene ring substituents is 1. The Balaban J connectivity index is 1.55. The molecule has 1 aromatic heterocycles. The highest BCUT2D eigenvalue weighted by Crippen LogP contribution is 2.25. The van der Waals surface area contributed by atoms with Crippen LogP contribution < -0.4 is 10.1 Å². The molecule has 3 aromatic rings. The third-order valence-electron chi connectivity index (χ3n) is 3.83. The van der Waals surface area contributed by atoms with Gasteiger partial charge in [-0.05, 0) is 24.1 Å². The van der Waals surface area contributed by atoms with Crippen molar-refractivity contribution in [2.75, 3.05) is 11.9 Å². The first-order chi connectivity index (χ1) is 13.0. The van der Waals surface area contributed by atoms with Gasteiger partial charge in [-0.1, -0.05) is 31.2 Å². The number of aryl methyl sites for hydroxylation is 1. The monoisotopic (exact) mass is 383 g/mol. The van der Waals surface area contributed by atoms with Gasteiger partial charge in [-0.2, -0.15) is 0 Å². The van der Waals surface area contributed by atoms with E-state index in [0.29, 0.717) is 10.9 Å². The lowest BCUT2D eigenvalue weighted by molar-refractivity contribution is -0.384. The summed E-state index contributed by atoms with van der Waals surface area (Å²) in [4.78, 5) is 26.5. The first kappa shape index (κ1) is 18.5. The van der Waals surface area contributed by atoms with Crippen molar-refractivity contribution < 1.29 is 14.5 Å². The third-order valence-corrected chi connectivity index (χ3v) is 4.58. The summed E-state index contributed by atoms with van der Waals surface area (Å²) in [6.45, 7) is 1.89. The number of nitro groups is 1. The van der Waals surface area contributed by atoms with Crippen molar-refractivity contribution in [3.8, 4) is 17.0 Å². The fourth-order valence-electron chi connectivity index (χ4n) is 2.34. The van der Waals surface area contributed by atoms with Crippen LogP contribution in [0.2, 0.25) is 0 Å². The van der Waals surface area contributed by atoms with Gasteiger partial charge < -0.3 is 4.74 Å². The Kier molecular flexibility index (Phi) is 5.77. The number of nitro benzene ring substituents is 1. The molecule has 1 N–H and O–H groups in total. The molecule has 0 aliphatic rings. The fraction of sp³-hybridized carbons (Fsp3) is 0.158. The van der Waals surface area contributed by atoms with Crippen LogP contribution in [-0.2, 0) is 11.2 Å². The Labute approximate surface area is 159 Å². The van der Waals surface area contributed by atoms with Gasteiger partial charge in [0.2, 0.25) is 0 Å². The summed E-state index contributed by atoms with van der Waals surface area (Å²) in [5.74, 6) is 0.0298. The normalized spacial score (nSPS) is 10.4. The minimum absolute atomic E-state index is 0.0333. The zero-order valence-electron chi connectivity index (χ0n) is 14.5. The Morgan fingerprint density at radius 2 is 1.89 bits per heavy atom. The van der Waals surface area contributed by atoms with Crippen molar-refractivity contribution in [3.63, 3.8) is 0 Å². The van der Waals surface area contributed by atoms with Crippen LogP contribution in [-0.4, -0.2) is 22.4 Å². The number of ether oxygens (including phenoxy) is 1. The molecule has 7 nitrogen and oxygen atoms in total. The zero-order valence-corrected chi connectivity index (χ0v) is 15.4. The molecular formula is C19H17N3O4S. The molecule has 0 radical (unpaired) electrons. The smallest absolute Gasteiger partial charge is 0.269 e. The quantitative estimate of drug-likeness (QED) is 0.485. The molecule has 138 valence electrons. The van der Waals surface area contributed by atoms with Crippen molar-refractivity contribution in [3.05, 3.63) is 69.6 Å². The Bertz CT molecular complexity index is 936. The number of amides is 1. The van der Waals surface area contributed by atoms with Crippen LogP contribution in [0, 0.1) is 10.1 Å². The molecule has 3 rings (SSSR count). The van der Waals surface area contributed by atoms with Gasteiger partial charge in [0.25, 0.3) is 11.6 Å². The standard InChI is InChI=1S/C19H17N3O4S/c1-2-13-3-5-14(6-4-13)17-12-27-19(20-17)21-18(23)11-26-16-9-7-15(8-10-16)22(24)25/h3-10,12H,2,11H2,1H3,(H,20,21,23). The summed E-state index contributed by atoms with van der Waals surface area (Å²) in [6.07, 6.45) is 0.980. The Hall–Kier alpha value is -3.26. The number of thiazole rings is 1. The summed E-state index contributed by atoms with van der Waals surface area (Å²) in [5, 5.41) is 15.7. The van der Waals surface area contributed by atoms with Crippen molar-refractivity contribution in [2.24, 2.45) is 0 Å². The Morgan fingerprint density at radius 3 is 2.52 bits per heavy atom. The highest BCUT2D eigenvalue weighted by atomic mass is 32.1. The lowest BCUT2D eigenvalue weighted by Gasteiger charge is -2.05. The van der Waals surface area contributed by atoms with Crippen LogP contribution in [0.1, 0.15) is 12.5 Å². The molecule has 27 heavy (non-hydrogen) atoms. The minimum Gasteiger partial charge on any atom is -0.484 e. The van der Waals surface area contributed by atoms with E-state index < -0.39 is 4.92 Å². The number of hydrogen-bond acceptors (Lipinski definition) is 6. The molecule has 0 bridgehead atoms. The highest BCUT2D eigenvalue weighted by molar-refractivity contribution is 7.14. The largest absolute Gasteiger partial charge is 0.484 e. The van der Waals surface area contributed by atoms with E-state index in [2.05, 4.69) is 29.4 Å². The molecule has 2 aromatic carbocycles. The van der Waals surface area contributed by atoms with Gasteiger partial charge in [0, 0.05) is 23.1 Å². The van der Waals surface area contributed by atoms with Crippen LogP contribution in [0.25, 0.3) is 11.3 Å². The maximum atomic E-state index is 12.0. The van der Waals surface area contributed by atoms with Gasteiger partial charge in [0.15, 0.2) is 11.7 Å². The maximum absolute atomic E-state index is 12.0. The van der Waals surface area contributed by atoms with Crippen molar-refractivity contribution in [1.82, 2.24) is 4.98 Å². The van der Waals surface area contributed by atoms with Gasteiger partial charge in [-0.15, -0.1) is 11.3 Å². The highest BCUT2D eigenvalue weighted by Gasteiger charge is 2.10. The molecule has 1 heterocycles. The number of rotatable bonds is 7. The minimum atomic E-state index is -0.494. The number of anilines is 1. The topological polar surface area (TPSA) is 94.4 Å². The van der Waals surface area contributed by atoms with Gasteiger partial charge in [-0.25, -0.2) is 4.98 Å². The first-order valence-corrected chi connectivity index (χ1v) is 9.15. The second-order valence-electron chi connectivity index (χ2n) is 5.68. The molecule has 0 atom stereocenters. The molecule has 1 amide bonds. The second-order valence-corrected chi connectivity index (χ2v) is 6.53. The molecular weight excluding hydrogens is 366 g/mol. The van der Waals surface area contributed by atoms with Crippen LogP contribution in [0.3, 0.4) is 0 Å².